The third-order valence-corrected chi connectivity index (χ3v) is 1.34. The highest BCUT2D eigenvalue weighted by Gasteiger charge is 2.28. The fourth-order valence-electron chi connectivity index (χ4n) is 0.768. The Kier molecular flexibility index (Phi) is 3.06. The van der Waals surface area contributed by atoms with Crippen molar-refractivity contribution in [3.63, 3.8) is 0 Å². The Balaban J connectivity index is 2.56. The molecule has 0 fully saturated rings. The van der Waals surface area contributed by atoms with E-state index in [0.29, 0.717) is 0 Å². The van der Waals surface area contributed by atoms with Crippen LogP contribution in [-0.4, -0.2) is 12.8 Å². The Morgan fingerprint density at radius 1 is 1.21 bits per heavy atom. The first-order valence-electron chi connectivity index (χ1n) is 3.64. The summed E-state index contributed by atoms with van der Waals surface area (Å²) in [6, 6.07) is 5.06. The van der Waals surface area contributed by atoms with Crippen molar-refractivity contribution < 1.29 is 17.9 Å². The van der Waals surface area contributed by atoms with E-state index in [2.05, 4.69) is 9.91 Å². The zero-order valence-corrected chi connectivity index (χ0v) is 6.91. The molecule has 0 atom stereocenters. The molecular weight excluding hydrogens is 199 g/mol. The van der Waals surface area contributed by atoms with E-state index in [4.69, 9.17) is 0 Å². The normalized spacial score (nSPS) is 11.1. The molecule has 1 aromatic rings. The predicted octanol–water partition coefficient (Wildman–Crippen LogP) is 3.03. The second-order valence-electron chi connectivity index (χ2n) is 2.49. The topological polar surface area (TPSA) is 38.7 Å². The highest BCUT2D eigenvalue weighted by atomic mass is 19.4. The number of nitroso groups, excluding NO2 is 1. The van der Waals surface area contributed by atoms with E-state index < -0.39 is 12.8 Å². The maximum Gasteiger partial charge on any atom is 0.422 e. The van der Waals surface area contributed by atoms with E-state index in [1.165, 1.54) is 24.3 Å². The van der Waals surface area contributed by atoms with Gasteiger partial charge in [-0.25, -0.2) is 0 Å². The molecule has 14 heavy (non-hydrogen) atoms. The quantitative estimate of drug-likeness (QED) is 0.711. The van der Waals surface area contributed by atoms with Gasteiger partial charge in [0.2, 0.25) is 0 Å². The number of nitrogens with zero attached hydrogens (tertiary/aromatic N) is 1. The fourth-order valence-corrected chi connectivity index (χ4v) is 0.768. The molecule has 0 spiro atoms. The smallest absolute Gasteiger partial charge is 0.422 e. The average Bonchev–Trinajstić information content (AvgIpc) is 2.14. The second-order valence-corrected chi connectivity index (χ2v) is 2.49. The van der Waals surface area contributed by atoms with Gasteiger partial charge in [0.15, 0.2) is 6.61 Å². The van der Waals surface area contributed by atoms with Gasteiger partial charge in [-0.2, -0.15) is 13.2 Å². The third-order valence-electron chi connectivity index (χ3n) is 1.34. The summed E-state index contributed by atoms with van der Waals surface area (Å²) in [7, 11) is 0. The van der Waals surface area contributed by atoms with Gasteiger partial charge in [-0.15, -0.1) is 4.91 Å². The molecule has 6 heteroatoms. The van der Waals surface area contributed by atoms with E-state index in [1.807, 2.05) is 0 Å². The molecule has 0 amide bonds. The molecule has 1 aromatic carbocycles. The van der Waals surface area contributed by atoms with Gasteiger partial charge < -0.3 is 4.74 Å². The van der Waals surface area contributed by atoms with Crippen molar-refractivity contribution >= 4 is 5.69 Å². The summed E-state index contributed by atoms with van der Waals surface area (Å²) >= 11 is 0. The lowest BCUT2D eigenvalue weighted by molar-refractivity contribution is -0.153. The molecule has 0 radical (unpaired) electrons. The number of hydrogen-bond donors (Lipinski definition) is 0. The number of ether oxygens (including phenoxy) is 1. The molecule has 1 rings (SSSR count). The summed E-state index contributed by atoms with van der Waals surface area (Å²) in [6.07, 6.45) is -4.36. The van der Waals surface area contributed by atoms with E-state index in [0.717, 1.165) is 0 Å². The van der Waals surface area contributed by atoms with Crippen LogP contribution in [0.3, 0.4) is 0 Å². The van der Waals surface area contributed by atoms with Crippen LogP contribution in [0.1, 0.15) is 0 Å². The monoisotopic (exact) mass is 205 g/mol. The Hall–Kier alpha value is -1.59. The highest BCUT2D eigenvalue weighted by molar-refractivity contribution is 5.40. The van der Waals surface area contributed by atoms with Crippen LogP contribution in [0, 0.1) is 4.91 Å². The number of rotatable bonds is 3. The highest BCUT2D eigenvalue weighted by Crippen LogP contribution is 2.20. The Morgan fingerprint density at radius 2 is 1.79 bits per heavy atom. The van der Waals surface area contributed by atoms with Crippen molar-refractivity contribution in [2.45, 2.75) is 6.18 Å². The van der Waals surface area contributed by atoms with Crippen LogP contribution >= 0.6 is 0 Å². The van der Waals surface area contributed by atoms with E-state index >= 15 is 0 Å². The largest absolute Gasteiger partial charge is 0.484 e. The van der Waals surface area contributed by atoms with Crippen LogP contribution in [-0.2, 0) is 0 Å². The minimum absolute atomic E-state index is 0.0507. The van der Waals surface area contributed by atoms with Gasteiger partial charge in [-0.1, -0.05) is 0 Å². The summed E-state index contributed by atoms with van der Waals surface area (Å²) in [5.41, 5.74) is 0.143. The number of benzene rings is 1. The van der Waals surface area contributed by atoms with Gasteiger partial charge >= 0.3 is 6.18 Å². The molecular formula is C8H6F3NO2. The Morgan fingerprint density at radius 3 is 2.21 bits per heavy atom. The molecule has 0 aromatic heterocycles. The number of hydrogen-bond acceptors (Lipinski definition) is 3. The standard InChI is InChI=1S/C8H6F3NO2/c9-8(10,11)5-14-7-3-1-6(12-13)2-4-7/h1-4H,5H2. The van der Waals surface area contributed by atoms with Crippen LogP contribution in [0.25, 0.3) is 0 Å². The van der Waals surface area contributed by atoms with E-state index in [1.54, 1.807) is 0 Å². The molecule has 0 saturated carbocycles. The van der Waals surface area contributed by atoms with Gasteiger partial charge in [-0.3, -0.25) is 0 Å². The van der Waals surface area contributed by atoms with Crippen molar-refractivity contribution in [3.8, 4) is 5.75 Å². The van der Waals surface area contributed by atoms with Gasteiger partial charge in [0.05, 0.1) is 0 Å². The maximum atomic E-state index is 11.7. The Bertz CT molecular complexity index is 307. The molecule has 0 aliphatic carbocycles. The molecule has 0 aliphatic rings. The fraction of sp³-hybridized carbons (Fsp3) is 0.250. The Labute approximate surface area is 77.5 Å². The van der Waals surface area contributed by atoms with E-state index in [-0.39, 0.29) is 11.4 Å². The van der Waals surface area contributed by atoms with Crippen LogP contribution in [0.2, 0.25) is 0 Å². The summed E-state index contributed by atoms with van der Waals surface area (Å²) in [5, 5.41) is 2.59. The second kappa shape index (κ2) is 4.08. The van der Waals surface area contributed by atoms with Crippen LogP contribution in [0.5, 0.6) is 5.75 Å². The molecule has 0 saturated heterocycles. The molecule has 0 N–H and O–H groups in total. The first kappa shape index (κ1) is 10.5. The molecule has 0 aliphatic heterocycles. The predicted molar refractivity (Wildman–Crippen MR) is 43.4 cm³/mol. The third kappa shape index (κ3) is 3.42. The summed E-state index contributed by atoms with van der Waals surface area (Å²) < 4.78 is 39.5. The first-order chi connectivity index (χ1) is 6.51. The van der Waals surface area contributed by atoms with Crippen molar-refractivity contribution in [1.29, 1.82) is 0 Å². The molecule has 76 valence electrons. The first-order valence-corrected chi connectivity index (χ1v) is 3.64. The van der Waals surface area contributed by atoms with Gasteiger partial charge in [-0.05, 0) is 29.4 Å². The average molecular weight is 205 g/mol. The molecule has 3 nitrogen and oxygen atoms in total. The number of alkyl halides is 3. The lowest BCUT2D eigenvalue weighted by Crippen LogP contribution is -2.19. The summed E-state index contributed by atoms with van der Waals surface area (Å²) in [6.45, 7) is -1.35. The van der Waals surface area contributed by atoms with E-state index in [9.17, 15) is 18.1 Å². The van der Waals surface area contributed by atoms with Crippen molar-refractivity contribution in [1.82, 2.24) is 0 Å². The van der Waals surface area contributed by atoms with Crippen LogP contribution in [0.15, 0.2) is 29.4 Å². The molecule has 0 bridgehead atoms. The lowest BCUT2D eigenvalue weighted by atomic mass is 10.3. The maximum absolute atomic E-state index is 11.7. The summed E-state index contributed by atoms with van der Waals surface area (Å²) in [5.74, 6) is 0.0507. The lowest BCUT2D eigenvalue weighted by Gasteiger charge is -2.08. The van der Waals surface area contributed by atoms with Crippen molar-refractivity contribution in [3.05, 3.63) is 29.2 Å². The van der Waals surface area contributed by atoms with Crippen LogP contribution in [0.4, 0.5) is 18.9 Å². The minimum Gasteiger partial charge on any atom is -0.484 e. The van der Waals surface area contributed by atoms with Gasteiger partial charge in [0.25, 0.3) is 0 Å². The SMILES string of the molecule is O=Nc1ccc(OCC(F)(F)F)cc1. The zero-order chi connectivity index (χ0) is 10.6. The summed E-state index contributed by atoms with van der Waals surface area (Å²) in [4.78, 5) is 9.96. The van der Waals surface area contributed by atoms with Crippen LogP contribution < -0.4 is 4.74 Å². The van der Waals surface area contributed by atoms with Crippen molar-refractivity contribution in [2.75, 3.05) is 6.61 Å². The molecule has 0 heterocycles. The minimum atomic E-state index is -4.36. The van der Waals surface area contributed by atoms with Gasteiger partial charge in [0, 0.05) is 0 Å². The van der Waals surface area contributed by atoms with Crippen molar-refractivity contribution in [2.24, 2.45) is 5.18 Å². The number of halogens is 3. The zero-order valence-electron chi connectivity index (χ0n) is 6.91. The molecule has 0 unspecified atom stereocenters. The van der Waals surface area contributed by atoms with Gasteiger partial charge in [0.1, 0.15) is 11.4 Å².